The van der Waals surface area contributed by atoms with E-state index in [9.17, 15) is 4.79 Å². The Morgan fingerprint density at radius 2 is 2.06 bits per heavy atom. The zero-order valence-electron chi connectivity index (χ0n) is 11.4. The highest BCUT2D eigenvalue weighted by Crippen LogP contribution is 2.06. The first-order chi connectivity index (χ1) is 8.56. The number of pyridine rings is 1. The highest BCUT2D eigenvalue weighted by atomic mass is 16.1. The van der Waals surface area contributed by atoms with Gasteiger partial charge in [0.15, 0.2) is 0 Å². The summed E-state index contributed by atoms with van der Waals surface area (Å²) < 4.78 is 0. The van der Waals surface area contributed by atoms with Gasteiger partial charge in [-0.25, -0.2) is 4.98 Å². The molecule has 0 aliphatic heterocycles. The average Bonchev–Trinajstić information content (AvgIpc) is 2.33. The molecule has 3 N–H and O–H groups in total. The minimum Gasteiger partial charge on any atom is -0.384 e. The molecule has 0 fully saturated rings. The summed E-state index contributed by atoms with van der Waals surface area (Å²) in [6.45, 7) is 9.53. The van der Waals surface area contributed by atoms with Crippen LogP contribution in [-0.2, 0) is 0 Å². The lowest BCUT2D eigenvalue weighted by molar-refractivity contribution is 0.0948. The molecule has 0 aliphatic carbocycles. The Morgan fingerprint density at radius 1 is 1.39 bits per heavy atom. The molecule has 1 aromatic heterocycles. The van der Waals surface area contributed by atoms with E-state index in [0.717, 1.165) is 25.3 Å². The standard InChI is InChI=1S/C13H22N4O/c1-4-17(5-2)7-6-15-13(18)11-8-10(3)16-12(14)9-11/h8-9H,4-7H2,1-3H3,(H2,14,16)(H,15,18). The second kappa shape index (κ2) is 6.96. The lowest BCUT2D eigenvalue weighted by atomic mass is 10.2. The number of nitrogens with one attached hydrogen (secondary N) is 1. The molecule has 0 spiro atoms. The molecule has 0 radical (unpaired) electrons. The number of carbonyl (C=O) groups is 1. The van der Waals surface area contributed by atoms with Crippen LogP contribution < -0.4 is 11.1 Å². The molecule has 5 heteroatoms. The van der Waals surface area contributed by atoms with Gasteiger partial charge in [-0.1, -0.05) is 13.8 Å². The van der Waals surface area contributed by atoms with Gasteiger partial charge in [-0.15, -0.1) is 0 Å². The number of nitrogens with zero attached hydrogens (tertiary/aromatic N) is 2. The van der Waals surface area contributed by atoms with Gasteiger partial charge < -0.3 is 16.0 Å². The fourth-order valence-electron chi connectivity index (χ4n) is 1.79. The molecule has 0 unspecified atom stereocenters. The molecule has 18 heavy (non-hydrogen) atoms. The number of amides is 1. The third-order valence-corrected chi connectivity index (χ3v) is 2.84. The predicted molar refractivity (Wildman–Crippen MR) is 73.5 cm³/mol. The predicted octanol–water partition coefficient (Wildman–Crippen LogP) is 1.04. The van der Waals surface area contributed by atoms with E-state index in [1.807, 2.05) is 6.92 Å². The fraction of sp³-hybridized carbons (Fsp3) is 0.538. The lowest BCUT2D eigenvalue weighted by Gasteiger charge is -2.18. The lowest BCUT2D eigenvalue weighted by Crippen LogP contribution is -2.34. The van der Waals surface area contributed by atoms with Gasteiger partial charge in [-0.2, -0.15) is 0 Å². The third kappa shape index (κ3) is 4.33. The summed E-state index contributed by atoms with van der Waals surface area (Å²) in [6.07, 6.45) is 0. The summed E-state index contributed by atoms with van der Waals surface area (Å²) >= 11 is 0. The van der Waals surface area contributed by atoms with E-state index in [4.69, 9.17) is 5.73 Å². The molecule has 0 atom stereocenters. The largest absolute Gasteiger partial charge is 0.384 e. The Bertz CT molecular complexity index is 382. The van der Waals surface area contributed by atoms with E-state index < -0.39 is 0 Å². The van der Waals surface area contributed by atoms with Crippen molar-refractivity contribution in [1.82, 2.24) is 15.2 Å². The van der Waals surface area contributed by atoms with Crippen molar-refractivity contribution >= 4 is 11.7 Å². The molecule has 100 valence electrons. The zero-order chi connectivity index (χ0) is 13.5. The summed E-state index contributed by atoms with van der Waals surface area (Å²) in [5.41, 5.74) is 6.94. The number of likely N-dealkylation sites (N-methyl/N-ethyl adjacent to an activating group) is 1. The van der Waals surface area contributed by atoms with E-state index in [0.29, 0.717) is 17.9 Å². The number of rotatable bonds is 6. The number of aryl methyl sites for hydroxylation is 1. The van der Waals surface area contributed by atoms with Crippen LogP contribution in [0.4, 0.5) is 5.82 Å². The van der Waals surface area contributed by atoms with Crippen LogP contribution >= 0.6 is 0 Å². The Morgan fingerprint density at radius 3 is 2.61 bits per heavy atom. The molecular weight excluding hydrogens is 228 g/mol. The minimum atomic E-state index is -0.0978. The maximum atomic E-state index is 11.9. The van der Waals surface area contributed by atoms with Crippen LogP contribution in [0.25, 0.3) is 0 Å². The van der Waals surface area contributed by atoms with Crippen molar-refractivity contribution in [3.63, 3.8) is 0 Å². The molecule has 1 rings (SSSR count). The molecular formula is C13H22N4O. The van der Waals surface area contributed by atoms with E-state index >= 15 is 0 Å². The molecule has 0 aromatic carbocycles. The van der Waals surface area contributed by atoms with E-state index in [1.165, 1.54) is 0 Å². The quantitative estimate of drug-likeness (QED) is 0.791. The van der Waals surface area contributed by atoms with Crippen LogP contribution in [0.1, 0.15) is 29.9 Å². The summed E-state index contributed by atoms with van der Waals surface area (Å²) in [5, 5.41) is 2.89. The topological polar surface area (TPSA) is 71.2 Å². The minimum absolute atomic E-state index is 0.0978. The van der Waals surface area contributed by atoms with Gasteiger partial charge in [0.2, 0.25) is 0 Å². The molecule has 0 bridgehead atoms. The van der Waals surface area contributed by atoms with Crippen LogP contribution in [0.3, 0.4) is 0 Å². The number of aromatic nitrogens is 1. The van der Waals surface area contributed by atoms with Gasteiger partial charge in [0.1, 0.15) is 5.82 Å². The summed E-state index contributed by atoms with van der Waals surface area (Å²) in [4.78, 5) is 18.2. The van der Waals surface area contributed by atoms with Gasteiger partial charge in [0.25, 0.3) is 5.91 Å². The Kier molecular flexibility index (Phi) is 5.58. The first-order valence-corrected chi connectivity index (χ1v) is 6.31. The first kappa shape index (κ1) is 14.4. The number of anilines is 1. The van der Waals surface area contributed by atoms with Gasteiger partial charge in [-0.3, -0.25) is 4.79 Å². The normalized spacial score (nSPS) is 10.7. The van der Waals surface area contributed by atoms with E-state index in [2.05, 4.69) is 29.0 Å². The molecule has 1 amide bonds. The van der Waals surface area contributed by atoms with Gasteiger partial charge in [0.05, 0.1) is 0 Å². The monoisotopic (exact) mass is 250 g/mol. The van der Waals surface area contributed by atoms with E-state index in [-0.39, 0.29) is 5.91 Å². The molecule has 0 saturated carbocycles. The summed E-state index contributed by atoms with van der Waals surface area (Å²) in [5.74, 6) is 0.281. The Balaban J connectivity index is 2.50. The maximum Gasteiger partial charge on any atom is 0.251 e. The average molecular weight is 250 g/mol. The maximum absolute atomic E-state index is 11.9. The third-order valence-electron chi connectivity index (χ3n) is 2.84. The van der Waals surface area contributed by atoms with E-state index in [1.54, 1.807) is 12.1 Å². The smallest absolute Gasteiger partial charge is 0.251 e. The molecule has 0 saturated heterocycles. The molecule has 0 aliphatic rings. The summed E-state index contributed by atoms with van der Waals surface area (Å²) in [7, 11) is 0. The van der Waals surface area contributed by atoms with Crippen molar-refractivity contribution in [1.29, 1.82) is 0 Å². The number of nitrogen functional groups attached to an aromatic ring is 1. The van der Waals surface area contributed by atoms with Crippen molar-refractivity contribution in [2.45, 2.75) is 20.8 Å². The number of hydrogen-bond acceptors (Lipinski definition) is 4. The van der Waals surface area contributed by atoms with Crippen molar-refractivity contribution in [2.24, 2.45) is 0 Å². The van der Waals surface area contributed by atoms with Crippen LogP contribution in [0.15, 0.2) is 12.1 Å². The Labute approximate surface area is 108 Å². The molecule has 5 nitrogen and oxygen atoms in total. The summed E-state index contributed by atoms with van der Waals surface area (Å²) in [6, 6.07) is 3.34. The van der Waals surface area contributed by atoms with Crippen molar-refractivity contribution in [3.05, 3.63) is 23.4 Å². The Hall–Kier alpha value is -1.62. The number of carbonyl (C=O) groups excluding carboxylic acids is 1. The molecule has 1 aromatic rings. The van der Waals surface area contributed by atoms with Crippen molar-refractivity contribution in [3.8, 4) is 0 Å². The van der Waals surface area contributed by atoms with Crippen molar-refractivity contribution < 1.29 is 4.79 Å². The van der Waals surface area contributed by atoms with Gasteiger partial charge >= 0.3 is 0 Å². The van der Waals surface area contributed by atoms with Crippen LogP contribution in [0, 0.1) is 6.92 Å². The fourth-order valence-corrected chi connectivity index (χ4v) is 1.79. The molecule has 1 heterocycles. The second-order valence-electron chi connectivity index (χ2n) is 4.20. The SMILES string of the molecule is CCN(CC)CCNC(=O)c1cc(C)nc(N)c1. The van der Waals surface area contributed by atoms with Gasteiger partial charge in [-0.05, 0) is 32.1 Å². The number of nitrogens with two attached hydrogens (primary N) is 1. The first-order valence-electron chi connectivity index (χ1n) is 6.31. The van der Waals surface area contributed by atoms with Gasteiger partial charge in [0, 0.05) is 24.3 Å². The second-order valence-corrected chi connectivity index (χ2v) is 4.20. The van der Waals surface area contributed by atoms with Crippen LogP contribution in [-0.4, -0.2) is 42.0 Å². The van der Waals surface area contributed by atoms with Crippen LogP contribution in [0.5, 0.6) is 0 Å². The highest BCUT2D eigenvalue weighted by Gasteiger charge is 2.07. The van der Waals surface area contributed by atoms with Crippen molar-refractivity contribution in [2.75, 3.05) is 31.9 Å². The number of hydrogen-bond donors (Lipinski definition) is 2. The zero-order valence-corrected chi connectivity index (χ0v) is 11.4. The van der Waals surface area contributed by atoms with Crippen LogP contribution in [0.2, 0.25) is 0 Å². The highest BCUT2D eigenvalue weighted by molar-refractivity contribution is 5.94.